The molecule has 0 amide bonds. The number of nitrogens with two attached hydrogens (primary N) is 1. The maximum Gasteiger partial charge on any atom is 0.250 e. The van der Waals surface area contributed by atoms with Crippen molar-refractivity contribution in [1.82, 2.24) is 19.9 Å². The van der Waals surface area contributed by atoms with Crippen LogP contribution in [-0.4, -0.2) is 46.4 Å². The van der Waals surface area contributed by atoms with E-state index >= 15 is 0 Å². The molecule has 4 rings (SSSR count). The van der Waals surface area contributed by atoms with Crippen LogP contribution in [-0.2, 0) is 7.05 Å². The molecule has 0 saturated carbocycles. The zero-order valence-electron chi connectivity index (χ0n) is 16.2. The zero-order chi connectivity index (χ0) is 20.4. The van der Waals surface area contributed by atoms with Crippen LogP contribution in [0.4, 0.5) is 11.5 Å². The molecule has 8 heteroatoms. The summed E-state index contributed by atoms with van der Waals surface area (Å²) in [4.78, 5) is 23.2. The molecule has 148 valence electrons. The minimum atomic E-state index is -0.122. The molecule has 4 N–H and O–H groups in total. The molecule has 29 heavy (non-hydrogen) atoms. The molecule has 1 fully saturated rings. The quantitative estimate of drug-likeness (QED) is 0.579. The van der Waals surface area contributed by atoms with Crippen LogP contribution in [0.2, 0.25) is 0 Å². The fourth-order valence-electron chi connectivity index (χ4n) is 3.32. The number of aromatic nitrogens is 3. The summed E-state index contributed by atoms with van der Waals surface area (Å²) in [6.07, 6.45) is 3.22. The fourth-order valence-corrected chi connectivity index (χ4v) is 3.32. The van der Waals surface area contributed by atoms with E-state index < -0.39 is 0 Å². The van der Waals surface area contributed by atoms with E-state index in [1.807, 2.05) is 24.3 Å². The largest absolute Gasteiger partial charge is 0.397 e. The summed E-state index contributed by atoms with van der Waals surface area (Å²) >= 11 is 0. The summed E-state index contributed by atoms with van der Waals surface area (Å²) in [5.41, 5.74) is 9.00. The minimum Gasteiger partial charge on any atom is -0.397 e. The number of pyridine rings is 3. The summed E-state index contributed by atoms with van der Waals surface area (Å²) in [6.45, 7) is 3.60. The van der Waals surface area contributed by atoms with Crippen molar-refractivity contribution in [2.45, 2.75) is 0 Å². The van der Waals surface area contributed by atoms with E-state index in [9.17, 15) is 4.79 Å². The normalized spacial score (nSPS) is 14.0. The third-order valence-corrected chi connectivity index (χ3v) is 5.04. The molecule has 1 saturated heterocycles. The highest BCUT2D eigenvalue weighted by Gasteiger charge is 2.16. The van der Waals surface area contributed by atoms with Crippen LogP contribution in [0, 0.1) is 5.41 Å². The van der Waals surface area contributed by atoms with Crippen molar-refractivity contribution in [3.63, 3.8) is 0 Å². The van der Waals surface area contributed by atoms with Gasteiger partial charge in [-0.1, -0.05) is 6.07 Å². The molecular weight excluding hydrogens is 366 g/mol. The van der Waals surface area contributed by atoms with E-state index in [-0.39, 0.29) is 11.3 Å². The number of nitrogen functional groups attached to an aromatic ring is 1. The Kier molecular flexibility index (Phi) is 5.09. The number of anilines is 2. The van der Waals surface area contributed by atoms with Crippen LogP contribution in [0.5, 0.6) is 0 Å². The van der Waals surface area contributed by atoms with Gasteiger partial charge in [-0.3, -0.25) is 15.2 Å². The minimum absolute atomic E-state index is 0.122. The molecule has 0 atom stereocenters. The molecule has 0 bridgehead atoms. The maximum absolute atomic E-state index is 12.0. The van der Waals surface area contributed by atoms with Crippen molar-refractivity contribution in [2.75, 3.05) is 36.8 Å². The van der Waals surface area contributed by atoms with E-state index in [2.05, 4.69) is 20.2 Å². The highest BCUT2D eigenvalue weighted by atomic mass is 16.1. The zero-order valence-corrected chi connectivity index (χ0v) is 16.2. The van der Waals surface area contributed by atoms with Gasteiger partial charge >= 0.3 is 0 Å². The first kappa shape index (κ1) is 18.8. The van der Waals surface area contributed by atoms with Crippen LogP contribution >= 0.6 is 0 Å². The maximum atomic E-state index is 12.0. The van der Waals surface area contributed by atoms with Gasteiger partial charge in [-0.2, -0.15) is 0 Å². The molecule has 8 nitrogen and oxygen atoms in total. The van der Waals surface area contributed by atoms with Gasteiger partial charge in [-0.25, -0.2) is 4.98 Å². The number of aryl methyl sites for hydroxylation is 1. The van der Waals surface area contributed by atoms with Gasteiger partial charge in [-0.15, -0.1) is 0 Å². The molecule has 1 aliphatic rings. The van der Waals surface area contributed by atoms with Crippen molar-refractivity contribution in [1.29, 1.82) is 5.41 Å². The predicted octanol–water partition coefficient (Wildman–Crippen LogP) is 1.25. The van der Waals surface area contributed by atoms with Gasteiger partial charge in [0.25, 0.3) is 5.56 Å². The Balaban J connectivity index is 1.68. The van der Waals surface area contributed by atoms with Gasteiger partial charge in [-0.05, 0) is 24.3 Å². The Morgan fingerprint density at radius 1 is 1.21 bits per heavy atom. The first-order valence-electron chi connectivity index (χ1n) is 9.47. The molecule has 0 unspecified atom stereocenters. The Labute approximate surface area is 168 Å². The summed E-state index contributed by atoms with van der Waals surface area (Å²) in [5, 5.41) is 12.0. The molecule has 0 aromatic carbocycles. The number of hydrogen-bond acceptors (Lipinski definition) is 7. The molecular formula is C21H23N7O. The lowest BCUT2D eigenvalue weighted by atomic mass is 10.0. The van der Waals surface area contributed by atoms with E-state index in [1.54, 1.807) is 19.3 Å². The van der Waals surface area contributed by atoms with Crippen LogP contribution in [0.1, 0.15) is 11.3 Å². The number of nitrogens with one attached hydrogen (secondary N) is 2. The smallest absolute Gasteiger partial charge is 0.250 e. The second kappa shape index (κ2) is 7.84. The lowest BCUT2D eigenvalue weighted by Gasteiger charge is -2.28. The number of hydrogen-bond donors (Lipinski definition) is 3. The Bertz CT molecular complexity index is 1120. The van der Waals surface area contributed by atoms with Crippen molar-refractivity contribution in [3.05, 3.63) is 70.4 Å². The van der Waals surface area contributed by atoms with Gasteiger partial charge < -0.3 is 20.5 Å². The monoisotopic (exact) mass is 389 g/mol. The number of piperazine rings is 1. The molecule has 1 aliphatic heterocycles. The topological polar surface area (TPSA) is 113 Å². The van der Waals surface area contributed by atoms with Gasteiger partial charge in [0.1, 0.15) is 5.82 Å². The van der Waals surface area contributed by atoms with Crippen molar-refractivity contribution in [3.8, 4) is 11.3 Å². The van der Waals surface area contributed by atoms with E-state index in [1.165, 1.54) is 16.8 Å². The van der Waals surface area contributed by atoms with Crippen molar-refractivity contribution >= 4 is 17.2 Å². The number of nitrogens with zero attached hydrogens (tertiary/aromatic N) is 4. The highest BCUT2D eigenvalue weighted by molar-refractivity contribution is 6.13. The van der Waals surface area contributed by atoms with Crippen molar-refractivity contribution < 1.29 is 0 Å². The predicted molar refractivity (Wildman–Crippen MR) is 115 cm³/mol. The SMILES string of the molecule is Cn1ccc(-c2cc(C(=N)c3cccc(N4CCNCC4)n3)c(N)cn2)cc1=O. The third kappa shape index (κ3) is 3.88. The molecule has 3 aromatic rings. The molecule has 0 spiro atoms. The van der Waals surface area contributed by atoms with Gasteiger partial charge in [0, 0.05) is 56.6 Å². The lowest BCUT2D eigenvalue weighted by Crippen LogP contribution is -2.44. The van der Waals surface area contributed by atoms with Crippen LogP contribution in [0.15, 0.2) is 53.6 Å². The van der Waals surface area contributed by atoms with Gasteiger partial charge in [0.05, 0.1) is 29.0 Å². The summed E-state index contributed by atoms with van der Waals surface area (Å²) in [7, 11) is 1.70. The molecule has 4 heterocycles. The lowest BCUT2D eigenvalue weighted by molar-refractivity contribution is 0.585. The van der Waals surface area contributed by atoms with Crippen molar-refractivity contribution in [2.24, 2.45) is 7.05 Å². The average molecular weight is 389 g/mol. The van der Waals surface area contributed by atoms with Crippen LogP contribution < -0.4 is 21.5 Å². The fraction of sp³-hybridized carbons (Fsp3) is 0.238. The number of rotatable bonds is 4. The Hall–Kier alpha value is -3.52. The Morgan fingerprint density at radius 2 is 2.00 bits per heavy atom. The first-order chi connectivity index (χ1) is 14.0. The molecule has 3 aromatic heterocycles. The van der Waals surface area contributed by atoms with E-state index in [0.717, 1.165) is 32.0 Å². The van der Waals surface area contributed by atoms with Gasteiger partial charge in [0.2, 0.25) is 0 Å². The van der Waals surface area contributed by atoms with Crippen LogP contribution in [0.25, 0.3) is 11.3 Å². The molecule has 0 aliphatic carbocycles. The summed E-state index contributed by atoms with van der Waals surface area (Å²) in [6, 6.07) is 10.8. The summed E-state index contributed by atoms with van der Waals surface area (Å²) < 4.78 is 1.50. The first-order valence-corrected chi connectivity index (χ1v) is 9.47. The van der Waals surface area contributed by atoms with Gasteiger partial charge in [0.15, 0.2) is 0 Å². The highest BCUT2D eigenvalue weighted by Crippen LogP contribution is 2.23. The van der Waals surface area contributed by atoms with Crippen LogP contribution in [0.3, 0.4) is 0 Å². The molecule has 0 radical (unpaired) electrons. The average Bonchev–Trinajstić information content (AvgIpc) is 2.76. The standard InChI is InChI=1S/C21H23N7O/c1-27-8-5-14(11-20(27)29)18-12-15(16(22)13-25-18)21(23)17-3-2-4-19(26-17)28-9-6-24-7-10-28/h2-5,8,11-13,23-24H,6-7,9-10,22H2,1H3. The van der Waals surface area contributed by atoms with E-state index in [4.69, 9.17) is 11.1 Å². The Morgan fingerprint density at radius 3 is 2.76 bits per heavy atom. The second-order valence-corrected chi connectivity index (χ2v) is 7.01. The summed E-state index contributed by atoms with van der Waals surface area (Å²) in [5.74, 6) is 0.855. The third-order valence-electron chi connectivity index (χ3n) is 5.04. The van der Waals surface area contributed by atoms with E-state index in [0.29, 0.717) is 28.2 Å². The second-order valence-electron chi connectivity index (χ2n) is 7.01.